The van der Waals surface area contributed by atoms with Crippen molar-refractivity contribution in [3.05, 3.63) is 28.0 Å². The van der Waals surface area contributed by atoms with Gasteiger partial charge < -0.3 is 15.8 Å². The summed E-state index contributed by atoms with van der Waals surface area (Å²) in [5, 5.41) is 1.48. The van der Waals surface area contributed by atoms with Crippen molar-refractivity contribution in [1.82, 2.24) is 5.32 Å². The second-order valence-electron chi connectivity index (χ2n) is 5.45. The molecule has 0 fully saturated rings. The molecular formula is C13H14ClF4N5O. The highest BCUT2D eigenvalue weighted by Crippen LogP contribution is 2.42. The molecule has 24 heavy (non-hydrogen) atoms. The van der Waals surface area contributed by atoms with Gasteiger partial charge in [0.2, 0.25) is 5.79 Å². The number of rotatable bonds is 3. The van der Waals surface area contributed by atoms with Crippen molar-refractivity contribution in [2.45, 2.75) is 25.3 Å². The van der Waals surface area contributed by atoms with E-state index in [1.165, 1.54) is 0 Å². The number of nitrogens with two attached hydrogens (primary N) is 2. The van der Waals surface area contributed by atoms with Crippen LogP contribution in [0.15, 0.2) is 9.98 Å². The molecule has 1 heterocycles. The molecule has 0 spiro atoms. The lowest BCUT2D eigenvalue weighted by atomic mass is 10.0. The van der Waals surface area contributed by atoms with Crippen molar-refractivity contribution in [2.75, 3.05) is 7.11 Å². The molecule has 0 aromatic heterocycles. The monoisotopic (exact) mass is 367 g/mol. The lowest BCUT2D eigenvalue weighted by Crippen LogP contribution is -2.54. The van der Waals surface area contributed by atoms with E-state index in [2.05, 4.69) is 15.3 Å². The summed E-state index contributed by atoms with van der Waals surface area (Å²) in [5.41, 5.74) is 8.55. The molecule has 1 aliphatic rings. The zero-order valence-electron chi connectivity index (χ0n) is 12.8. The van der Waals surface area contributed by atoms with Crippen molar-refractivity contribution in [3.63, 3.8) is 0 Å². The van der Waals surface area contributed by atoms with Gasteiger partial charge in [-0.3, -0.25) is 5.73 Å². The number of amidine groups is 1. The fourth-order valence-electron chi connectivity index (χ4n) is 2.08. The summed E-state index contributed by atoms with van der Waals surface area (Å²) in [6.45, 7) is 2.26. The smallest absolute Gasteiger partial charge is 0.240 e. The number of guanidine groups is 1. The standard InChI is InChI=1S/C13H14ClF4N5O/c1-12(2,18)10-21-11(19)23-13(20,22-10)4-6(15)8(17)7(16)5(14)9(4)24-3/h20H2,1-3H3,(H3,19,21,22,23). The Hall–Kier alpha value is -2.07. The molecule has 0 aliphatic carbocycles. The number of nitrogens with one attached hydrogen (secondary N) is 1. The molecule has 0 saturated carbocycles. The molecule has 6 nitrogen and oxygen atoms in total. The third-order valence-corrected chi connectivity index (χ3v) is 3.52. The van der Waals surface area contributed by atoms with Crippen LogP contribution in [0.4, 0.5) is 17.6 Å². The molecule has 0 saturated heterocycles. The molecular weight excluding hydrogens is 354 g/mol. The maximum Gasteiger partial charge on any atom is 0.240 e. The third kappa shape index (κ3) is 2.86. The summed E-state index contributed by atoms with van der Waals surface area (Å²) in [6, 6.07) is 0. The highest BCUT2D eigenvalue weighted by molar-refractivity contribution is 6.32. The van der Waals surface area contributed by atoms with Crippen LogP contribution in [0.5, 0.6) is 5.75 Å². The van der Waals surface area contributed by atoms with Crippen molar-refractivity contribution >= 4 is 23.4 Å². The van der Waals surface area contributed by atoms with Crippen molar-refractivity contribution in [3.8, 4) is 5.75 Å². The van der Waals surface area contributed by atoms with Crippen LogP contribution < -0.4 is 21.5 Å². The van der Waals surface area contributed by atoms with Crippen molar-refractivity contribution in [1.29, 1.82) is 0 Å². The van der Waals surface area contributed by atoms with E-state index in [1.807, 2.05) is 0 Å². The Bertz CT molecular complexity index is 762. The second-order valence-corrected chi connectivity index (χ2v) is 5.82. The lowest BCUT2D eigenvalue weighted by Gasteiger charge is -2.32. The van der Waals surface area contributed by atoms with E-state index in [1.54, 1.807) is 0 Å². The van der Waals surface area contributed by atoms with E-state index in [9.17, 15) is 17.6 Å². The first-order valence-corrected chi connectivity index (χ1v) is 6.91. The number of methoxy groups -OCH3 is 1. The zero-order valence-corrected chi connectivity index (χ0v) is 13.6. The first-order valence-electron chi connectivity index (χ1n) is 6.53. The molecule has 5 N–H and O–H groups in total. The summed E-state index contributed by atoms with van der Waals surface area (Å²) in [7, 11) is 1.03. The summed E-state index contributed by atoms with van der Waals surface area (Å²) < 4.78 is 60.7. The van der Waals surface area contributed by atoms with Crippen LogP contribution in [0.2, 0.25) is 5.02 Å². The molecule has 0 amide bonds. The molecule has 1 aromatic rings. The fourth-order valence-corrected chi connectivity index (χ4v) is 2.34. The van der Waals surface area contributed by atoms with Crippen molar-refractivity contribution < 1.29 is 22.3 Å². The SMILES string of the molecule is COc1c(Cl)c(F)c(F)c(F)c1C1(N)N=C(N)NC(C(C)(C)F)=N1. The van der Waals surface area contributed by atoms with Crippen LogP contribution in [-0.4, -0.2) is 24.6 Å². The van der Waals surface area contributed by atoms with Gasteiger partial charge in [0.15, 0.2) is 34.8 Å². The van der Waals surface area contributed by atoms with Gasteiger partial charge in [0.05, 0.1) is 12.7 Å². The Morgan fingerprint density at radius 1 is 1.17 bits per heavy atom. The normalized spacial score (nSPS) is 21.0. The van der Waals surface area contributed by atoms with E-state index < -0.39 is 51.2 Å². The number of benzene rings is 1. The molecule has 0 radical (unpaired) electrons. The van der Waals surface area contributed by atoms with Crippen LogP contribution >= 0.6 is 11.6 Å². The molecule has 11 heteroatoms. The average molecular weight is 368 g/mol. The molecule has 1 atom stereocenters. The van der Waals surface area contributed by atoms with Gasteiger partial charge in [-0.15, -0.1) is 0 Å². The van der Waals surface area contributed by atoms with Crippen molar-refractivity contribution in [2.24, 2.45) is 21.5 Å². The molecule has 1 aromatic carbocycles. The number of ether oxygens (including phenoxy) is 1. The topological polar surface area (TPSA) is 98.0 Å². The maximum atomic E-state index is 14.3. The van der Waals surface area contributed by atoms with E-state index in [-0.39, 0.29) is 5.84 Å². The van der Waals surface area contributed by atoms with Crippen LogP contribution in [0.25, 0.3) is 0 Å². The molecule has 0 bridgehead atoms. The minimum absolute atomic E-state index is 0.389. The van der Waals surface area contributed by atoms with Crippen LogP contribution in [0, 0.1) is 17.5 Å². The quantitative estimate of drug-likeness (QED) is 0.432. The van der Waals surface area contributed by atoms with Gasteiger partial charge in [0.1, 0.15) is 10.9 Å². The molecule has 1 aliphatic heterocycles. The fraction of sp³-hybridized carbons (Fsp3) is 0.385. The first kappa shape index (κ1) is 18.3. The van der Waals surface area contributed by atoms with E-state index in [0.29, 0.717) is 0 Å². The summed E-state index contributed by atoms with van der Waals surface area (Å²) >= 11 is 5.64. The van der Waals surface area contributed by atoms with Gasteiger partial charge in [-0.2, -0.15) is 0 Å². The van der Waals surface area contributed by atoms with Gasteiger partial charge in [-0.05, 0) is 13.8 Å². The first-order chi connectivity index (χ1) is 10.9. The molecule has 132 valence electrons. The Morgan fingerprint density at radius 2 is 1.75 bits per heavy atom. The zero-order chi connectivity index (χ0) is 18.4. The van der Waals surface area contributed by atoms with Crippen LogP contribution in [0.1, 0.15) is 19.4 Å². The highest BCUT2D eigenvalue weighted by Gasteiger charge is 2.42. The summed E-state index contributed by atoms with van der Waals surface area (Å²) in [6.07, 6.45) is 0. The minimum Gasteiger partial charge on any atom is -0.494 e. The predicted octanol–water partition coefficient (Wildman–Crippen LogP) is 1.90. The molecule has 2 rings (SSSR count). The number of halogens is 5. The van der Waals surface area contributed by atoms with Crippen LogP contribution in [0.3, 0.4) is 0 Å². The second kappa shape index (κ2) is 5.78. The van der Waals surface area contributed by atoms with Gasteiger partial charge in [-0.25, -0.2) is 27.5 Å². The number of nitrogens with zero attached hydrogens (tertiary/aromatic N) is 2. The Labute approximate surface area is 139 Å². The third-order valence-electron chi connectivity index (χ3n) is 3.18. The van der Waals surface area contributed by atoms with Gasteiger partial charge >= 0.3 is 0 Å². The summed E-state index contributed by atoms with van der Waals surface area (Å²) in [4.78, 5) is 7.43. The number of aliphatic imine (C=N–C) groups is 2. The minimum atomic E-state index is -2.42. The largest absolute Gasteiger partial charge is 0.494 e. The van der Waals surface area contributed by atoms with E-state index in [0.717, 1.165) is 21.0 Å². The Morgan fingerprint density at radius 3 is 2.25 bits per heavy atom. The molecule has 1 unspecified atom stereocenters. The maximum absolute atomic E-state index is 14.3. The van der Waals surface area contributed by atoms with E-state index in [4.69, 9.17) is 27.8 Å². The van der Waals surface area contributed by atoms with Gasteiger partial charge in [0, 0.05) is 0 Å². The Kier molecular flexibility index (Phi) is 4.40. The average Bonchev–Trinajstić information content (AvgIpc) is 2.46. The predicted molar refractivity (Wildman–Crippen MR) is 81.1 cm³/mol. The van der Waals surface area contributed by atoms with Gasteiger partial charge in [0.25, 0.3) is 0 Å². The number of hydrogen-bond donors (Lipinski definition) is 3. The number of hydrogen-bond acceptors (Lipinski definition) is 6. The lowest BCUT2D eigenvalue weighted by molar-refractivity contribution is 0.298. The van der Waals surface area contributed by atoms with E-state index >= 15 is 0 Å². The summed E-state index contributed by atoms with van der Waals surface area (Å²) in [5.74, 6) is -9.14. The van der Waals surface area contributed by atoms with Crippen LogP contribution in [-0.2, 0) is 5.79 Å². The Balaban J connectivity index is 2.83. The number of alkyl halides is 1. The highest BCUT2D eigenvalue weighted by atomic mass is 35.5. The van der Waals surface area contributed by atoms with Gasteiger partial charge in [-0.1, -0.05) is 11.6 Å².